The largest absolute Gasteiger partial charge is 0.421 e. The molecule has 0 spiro atoms. The molecule has 21 heavy (non-hydrogen) atoms. The van der Waals surface area contributed by atoms with Crippen LogP contribution in [-0.2, 0) is 0 Å². The van der Waals surface area contributed by atoms with E-state index in [0.29, 0.717) is 11.5 Å². The van der Waals surface area contributed by atoms with E-state index in [1.165, 1.54) is 6.07 Å². The minimum absolute atomic E-state index is 0.00824. The highest BCUT2D eigenvalue weighted by molar-refractivity contribution is 5.38. The van der Waals surface area contributed by atoms with Crippen LogP contribution in [0, 0.1) is 12.7 Å². The Bertz CT molecular complexity index is 658. The summed E-state index contributed by atoms with van der Waals surface area (Å²) < 4.78 is 19.4. The Kier molecular flexibility index (Phi) is 3.55. The lowest BCUT2D eigenvalue weighted by Crippen LogP contribution is -2.21. The van der Waals surface area contributed by atoms with Gasteiger partial charge in [-0.2, -0.15) is 15.0 Å². The zero-order valence-electron chi connectivity index (χ0n) is 11.7. The lowest BCUT2D eigenvalue weighted by Gasteiger charge is -2.15. The molecule has 0 saturated carbocycles. The first-order chi connectivity index (χ1) is 10.1. The van der Waals surface area contributed by atoms with E-state index in [9.17, 15) is 4.39 Å². The number of aromatic nitrogens is 3. The third-order valence-electron chi connectivity index (χ3n) is 3.37. The van der Waals surface area contributed by atoms with Crippen LogP contribution < -0.4 is 15.4 Å². The fourth-order valence-electron chi connectivity index (χ4n) is 2.26. The number of hydrogen-bond acceptors (Lipinski definition) is 6. The van der Waals surface area contributed by atoms with E-state index in [2.05, 4.69) is 15.0 Å². The van der Waals surface area contributed by atoms with Gasteiger partial charge >= 0.3 is 6.01 Å². The van der Waals surface area contributed by atoms with Gasteiger partial charge in [0.25, 0.3) is 0 Å². The van der Waals surface area contributed by atoms with Crippen LogP contribution in [0.2, 0.25) is 0 Å². The van der Waals surface area contributed by atoms with Crippen LogP contribution in [0.15, 0.2) is 18.2 Å². The van der Waals surface area contributed by atoms with E-state index in [-0.39, 0.29) is 17.7 Å². The van der Waals surface area contributed by atoms with Crippen molar-refractivity contribution in [1.29, 1.82) is 0 Å². The van der Waals surface area contributed by atoms with Gasteiger partial charge in [-0.3, -0.25) is 0 Å². The van der Waals surface area contributed by atoms with Crippen LogP contribution in [0.1, 0.15) is 18.4 Å². The summed E-state index contributed by atoms with van der Waals surface area (Å²) in [7, 11) is 0. The fourth-order valence-corrected chi connectivity index (χ4v) is 2.26. The summed E-state index contributed by atoms with van der Waals surface area (Å²) >= 11 is 0. The highest BCUT2D eigenvalue weighted by atomic mass is 19.1. The molecule has 2 N–H and O–H groups in total. The standard InChI is InChI=1S/C14H16FN5O/c1-9-5-4-6-10(11(9)15)21-14-18-12(16)17-13(19-14)20-7-2-3-8-20/h4-6H,2-3,7-8H2,1H3,(H2,16,17,18,19). The maximum Gasteiger partial charge on any atom is 0.328 e. The van der Waals surface area contributed by atoms with Gasteiger partial charge in [0.15, 0.2) is 11.6 Å². The number of nitrogen functional groups attached to an aromatic ring is 1. The molecule has 1 aliphatic heterocycles. The monoisotopic (exact) mass is 289 g/mol. The van der Waals surface area contributed by atoms with Crippen molar-refractivity contribution in [1.82, 2.24) is 15.0 Å². The van der Waals surface area contributed by atoms with Gasteiger partial charge in [0.05, 0.1) is 0 Å². The highest BCUT2D eigenvalue weighted by Gasteiger charge is 2.18. The molecule has 1 aromatic carbocycles. The number of hydrogen-bond donors (Lipinski definition) is 1. The van der Waals surface area contributed by atoms with Gasteiger partial charge in [0.2, 0.25) is 11.9 Å². The Morgan fingerprint density at radius 2 is 1.95 bits per heavy atom. The summed E-state index contributed by atoms with van der Waals surface area (Å²) in [5, 5.41) is 0. The predicted molar refractivity (Wildman–Crippen MR) is 76.9 cm³/mol. The van der Waals surface area contributed by atoms with Gasteiger partial charge < -0.3 is 15.4 Å². The van der Waals surface area contributed by atoms with E-state index in [0.717, 1.165) is 25.9 Å². The third-order valence-corrected chi connectivity index (χ3v) is 3.37. The lowest BCUT2D eigenvalue weighted by atomic mass is 10.2. The van der Waals surface area contributed by atoms with Gasteiger partial charge in [-0.25, -0.2) is 4.39 Å². The van der Waals surface area contributed by atoms with Crippen molar-refractivity contribution in [2.75, 3.05) is 23.7 Å². The molecule has 0 aliphatic carbocycles. The summed E-state index contributed by atoms with van der Waals surface area (Å²) in [6.45, 7) is 3.42. The molecule has 1 aliphatic rings. The van der Waals surface area contributed by atoms with E-state index in [4.69, 9.17) is 10.5 Å². The number of rotatable bonds is 3. The Labute approximate surface area is 121 Å². The number of anilines is 2. The van der Waals surface area contributed by atoms with Crippen LogP contribution in [0.5, 0.6) is 11.8 Å². The zero-order chi connectivity index (χ0) is 14.8. The van der Waals surface area contributed by atoms with Crippen LogP contribution in [0.4, 0.5) is 16.3 Å². The minimum Gasteiger partial charge on any atom is -0.421 e. The average molecular weight is 289 g/mol. The maximum absolute atomic E-state index is 14.0. The number of nitrogens with two attached hydrogens (primary N) is 1. The Balaban J connectivity index is 1.89. The van der Waals surface area contributed by atoms with Crippen molar-refractivity contribution in [2.24, 2.45) is 0 Å². The predicted octanol–water partition coefficient (Wildman–Crippen LogP) is 2.29. The molecule has 110 valence electrons. The molecule has 6 nitrogen and oxygen atoms in total. The lowest BCUT2D eigenvalue weighted by molar-refractivity contribution is 0.408. The molecule has 2 heterocycles. The molecule has 0 radical (unpaired) electrons. The van der Waals surface area contributed by atoms with E-state index < -0.39 is 5.82 Å². The van der Waals surface area contributed by atoms with Gasteiger partial charge in [0.1, 0.15) is 0 Å². The summed E-state index contributed by atoms with van der Waals surface area (Å²) in [4.78, 5) is 14.2. The van der Waals surface area contributed by atoms with Gasteiger partial charge in [0, 0.05) is 13.1 Å². The van der Waals surface area contributed by atoms with E-state index in [1.807, 2.05) is 4.90 Å². The van der Waals surface area contributed by atoms with Crippen molar-refractivity contribution in [3.63, 3.8) is 0 Å². The first-order valence-corrected chi connectivity index (χ1v) is 6.83. The second-order valence-corrected chi connectivity index (χ2v) is 4.96. The topological polar surface area (TPSA) is 77.2 Å². The van der Waals surface area contributed by atoms with Crippen molar-refractivity contribution in [2.45, 2.75) is 19.8 Å². The van der Waals surface area contributed by atoms with Crippen LogP contribution in [0.3, 0.4) is 0 Å². The van der Waals surface area contributed by atoms with Crippen molar-refractivity contribution < 1.29 is 9.13 Å². The molecule has 0 atom stereocenters. The Morgan fingerprint density at radius 3 is 2.71 bits per heavy atom. The van der Waals surface area contributed by atoms with Crippen molar-refractivity contribution in [3.05, 3.63) is 29.6 Å². The summed E-state index contributed by atoms with van der Waals surface area (Å²) in [5.74, 6) is 0.185. The number of benzene rings is 1. The Hall–Kier alpha value is -2.44. The summed E-state index contributed by atoms with van der Waals surface area (Å²) in [6.07, 6.45) is 2.18. The molecule has 0 unspecified atom stereocenters. The molecule has 3 rings (SSSR count). The maximum atomic E-state index is 14.0. The van der Waals surface area contributed by atoms with E-state index in [1.54, 1.807) is 19.1 Å². The number of aryl methyl sites for hydroxylation is 1. The SMILES string of the molecule is Cc1cccc(Oc2nc(N)nc(N3CCCC3)n2)c1F. The molecule has 0 amide bonds. The molecule has 7 heteroatoms. The van der Waals surface area contributed by atoms with Crippen molar-refractivity contribution >= 4 is 11.9 Å². The summed E-state index contributed by atoms with van der Waals surface area (Å²) in [5.41, 5.74) is 6.18. The van der Waals surface area contributed by atoms with Crippen LogP contribution in [-0.4, -0.2) is 28.0 Å². The smallest absolute Gasteiger partial charge is 0.328 e. The first-order valence-electron chi connectivity index (χ1n) is 6.83. The highest BCUT2D eigenvalue weighted by Crippen LogP contribution is 2.26. The van der Waals surface area contributed by atoms with E-state index >= 15 is 0 Å². The molecule has 1 saturated heterocycles. The first kappa shape index (κ1) is 13.5. The second kappa shape index (κ2) is 5.51. The molecule has 1 aromatic heterocycles. The molecule has 1 fully saturated rings. The van der Waals surface area contributed by atoms with Gasteiger partial charge in [-0.05, 0) is 31.4 Å². The average Bonchev–Trinajstić information content (AvgIpc) is 2.97. The fraction of sp³-hybridized carbons (Fsp3) is 0.357. The quantitative estimate of drug-likeness (QED) is 0.934. The Morgan fingerprint density at radius 1 is 1.19 bits per heavy atom. The number of nitrogens with zero attached hydrogens (tertiary/aromatic N) is 4. The minimum atomic E-state index is -0.431. The number of halogens is 1. The summed E-state index contributed by atoms with van der Waals surface area (Å²) in [6, 6.07) is 4.91. The van der Waals surface area contributed by atoms with Crippen molar-refractivity contribution in [3.8, 4) is 11.8 Å². The molecular weight excluding hydrogens is 273 g/mol. The van der Waals surface area contributed by atoms with Crippen LogP contribution in [0.25, 0.3) is 0 Å². The number of ether oxygens (including phenoxy) is 1. The normalized spacial score (nSPS) is 14.5. The van der Waals surface area contributed by atoms with Gasteiger partial charge in [-0.15, -0.1) is 0 Å². The molecular formula is C14H16FN5O. The van der Waals surface area contributed by atoms with Gasteiger partial charge in [-0.1, -0.05) is 12.1 Å². The van der Waals surface area contributed by atoms with Crippen LogP contribution >= 0.6 is 0 Å². The molecule has 2 aromatic rings. The second-order valence-electron chi connectivity index (χ2n) is 4.96. The zero-order valence-corrected chi connectivity index (χ0v) is 11.7. The molecule has 0 bridgehead atoms. The third kappa shape index (κ3) is 2.86.